The summed E-state index contributed by atoms with van der Waals surface area (Å²) in [5.74, 6) is 2.67. The summed E-state index contributed by atoms with van der Waals surface area (Å²) in [4.78, 5) is 0. The van der Waals surface area contributed by atoms with Crippen molar-refractivity contribution in [3.63, 3.8) is 0 Å². The molecule has 0 N–H and O–H groups in total. The molecule has 120 valence electrons. The molecule has 0 aromatic heterocycles. The van der Waals surface area contributed by atoms with E-state index in [1.165, 1.54) is 6.07 Å². The van der Waals surface area contributed by atoms with E-state index in [0.29, 0.717) is 5.92 Å². The summed E-state index contributed by atoms with van der Waals surface area (Å²) in [7, 11) is 3.30. The van der Waals surface area contributed by atoms with E-state index < -0.39 is 0 Å². The van der Waals surface area contributed by atoms with Crippen LogP contribution in [0, 0.1) is 5.82 Å². The average Bonchev–Trinajstić information content (AvgIpc) is 3.12. The number of fused-ring (bicyclic) bond motifs is 3. The van der Waals surface area contributed by atoms with Gasteiger partial charge in [0.15, 0.2) is 0 Å². The lowest BCUT2D eigenvalue weighted by atomic mass is 9.91. The highest BCUT2D eigenvalue weighted by molar-refractivity contribution is 5.56. The Kier molecular flexibility index (Phi) is 3.40. The maximum atomic E-state index is 13.6. The maximum absolute atomic E-state index is 13.6. The van der Waals surface area contributed by atoms with Gasteiger partial charge in [-0.05, 0) is 30.5 Å². The highest BCUT2D eigenvalue weighted by Gasteiger charge is 2.46. The van der Waals surface area contributed by atoms with Crippen molar-refractivity contribution in [1.82, 2.24) is 0 Å². The fraction of sp³-hybridized carbons (Fsp3) is 0.368. The van der Waals surface area contributed by atoms with Crippen molar-refractivity contribution in [1.29, 1.82) is 0 Å². The number of hydrogen-bond donors (Lipinski definition) is 0. The van der Waals surface area contributed by atoms with Crippen LogP contribution in [0.3, 0.4) is 0 Å². The van der Waals surface area contributed by atoms with Crippen LogP contribution in [0.25, 0.3) is 0 Å². The van der Waals surface area contributed by atoms with E-state index in [0.717, 1.165) is 41.2 Å². The Hall–Kier alpha value is -2.23. The van der Waals surface area contributed by atoms with Crippen LogP contribution in [0.15, 0.2) is 36.4 Å². The molecular weight excluding hydrogens is 295 g/mol. The predicted molar refractivity (Wildman–Crippen MR) is 85.1 cm³/mol. The van der Waals surface area contributed by atoms with Gasteiger partial charge in [0, 0.05) is 29.5 Å². The molecule has 1 aliphatic heterocycles. The summed E-state index contributed by atoms with van der Waals surface area (Å²) >= 11 is 0. The SMILES string of the molecule is COc1cc(OC)c2c(c1)OC1C2CC[C@@H]1c1cccc(F)c1. The largest absolute Gasteiger partial charge is 0.496 e. The van der Waals surface area contributed by atoms with Crippen LogP contribution in [0.5, 0.6) is 17.2 Å². The number of ether oxygens (including phenoxy) is 3. The third-order valence-corrected chi connectivity index (χ3v) is 5.03. The quantitative estimate of drug-likeness (QED) is 0.847. The summed E-state index contributed by atoms with van der Waals surface area (Å²) in [6.07, 6.45) is 2.04. The Morgan fingerprint density at radius 2 is 1.87 bits per heavy atom. The van der Waals surface area contributed by atoms with E-state index in [1.54, 1.807) is 26.4 Å². The van der Waals surface area contributed by atoms with Crippen LogP contribution < -0.4 is 14.2 Å². The van der Waals surface area contributed by atoms with Gasteiger partial charge >= 0.3 is 0 Å². The highest BCUT2D eigenvalue weighted by Crippen LogP contribution is 2.56. The molecule has 0 saturated heterocycles. The normalized spacial score (nSPS) is 24.7. The number of hydrogen-bond acceptors (Lipinski definition) is 3. The Morgan fingerprint density at radius 3 is 2.61 bits per heavy atom. The van der Waals surface area contributed by atoms with Crippen LogP contribution in [0.4, 0.5) is 4.39 Å². The molecule has 4 rings (SSSR count). The van der Waals surface area contributed by atoms with Crippen molar-refractivity contribution >= 4 is 0 Å². The molecule has 3 atom stereocenters. The smallest absolute Gasteiger partial charge is 0.130 e. The first kappa shape index (κ1) is 14.4. The van der Waals surface area contributed by atoms with E-state index >= 15 is 0 Å². The molecule has 0 spiro atoms. The topological polar surface area (TPSA) is 27.7 Å². The minimum atomic E-state index is -0.194. The van der Waals surface area contributed by atoms with Crippen molar-refractivity contribution in [3.8, 4) is 17.2 Å². The number of rotatable bonds is 3. The Bertz CT molecular complexity index is 743. The molecule has 1 aliphatic carbocycles. The summed E-state index contributed by atoms with van der Waals surface area (Å²) < 4.78 is 30.7. The second kappa shape index (κ2) is 5.44. The lowest BCUT2D eigenvalue weighted by Crippen LogP contribution is -2.20. The van der Waals surface area contributed by atoms with Gasteiger partial charge in [0.25, 0.3) is 0 Å². The molecule has 2 aliphatic rings. The summed E-state index contributed by atoms with van der Waals surface area (Å²) in [5.41, 5.74) is 2.13. The molecule has 0 radical (unpaired) electrons. The molecule has 2 aromatic carbocycles. The molecule has 4 heteroatoms. The summed E-state index contributed by atoms with van der Waals surface area (Å²) in [6, 6.07) is 10.7. The molecular formula is C19H19FO3. The second-order valence-corrected chi connectivity index (χ2v) is 6.17. The third kappa shape index (κ3) is 2.24. The van der Waals surface area contributed by atoms with Gasteiger partial charge in [-0.15, -0.1) is 0 Å². The predicted octanol–water partition coefficient (Wildman–Crippen LogP) is 4.27. The van der Waals surface area contributed by atoms with Gasteiger partial charge in [-0.2, -0.15) is 0 Å². The molecule has 1 heterocycles. The first-order valence-corrected chi connectivity index (χ1v) is 7.89. The fourth-order valence-corrected chi connectivity index (χ4v) is 4.01. The van der Waals surface area contributed by atoms with Crippen molar-refractivity contribution in [2.75, 3.05) is 14.2 Å². The molecule has 0 bridgehead atoms. The van der Waals surface area contributed by atoms with Crippen molar-refractivity contribution in [2.24, 2.45) is 0 Å². The zero-order valence-electron chi connectivity index (χ0n) is 13.2. The van der Waals surface area contributed by atoms with Crippen molar-refractivity contribution < 1.29 is 18.6 Å². The molecule has 1 fully saturated rings. The van der Waals surface area contributed by atoms with E-state index in [4.69, 9.17) is 14.2 Å². The van der Waals surface area contributed by atoms with Gasteiger partial charge in [0.05, 0.1) is 14.2 Å². The molecule has 0 amide bonds. The second-order valence-electron chi connectivity index (χ2n) is 6.17. The monoisotopic (exact) mass is 314 g/mol. The Morgan fingerprint density at radius 1 is 1.04 bits per heavy atom. The molecule has 1 saturated carbocycles. The first-order valence-electron chi connectivity index (χ1n) is 7.89. The highest BCUT2D eigenvalue weighted by atomic mass is 19.1. The van der Waals surface area contributed by atoms with Crippen molar-refractivity contribution in [3.05, 3.63) is 53.3 Å². The van der Waals surface area contributed by atoms with Gasteiger partial charge in [0.1, 0.15) is 29.2 Å². The van der Waals surface area contributed by atoms with Crippen LogP contribution in [0.1, 0.15) is 35.8 Å². The minimum absolute atomic E-state index is 0.0350. The minimum Gasteiger partial charge on any atom is -0.496 e. The standard InChI is InChI=1S/C19H19FO3/c1-21-13-9-16(22-2)18-15-7-6-14(19(15)23-17(18)10-13)11-4-3-5-12(20)8-11/h3-5,8-10,14-15,19H,6-7H2,1-2H3/t14-,15?,19?/m1/s1. The number of halogens is 1. The fourth-order valence-electron chi connectivity index (χ4n) is 4.01. The van der Waals surface area contributed by atoms with Crippen LogP contribution >= 0.6 is 0 Å². The first-order chi connectivity index (χ1) is 11.2. The van der Waals surface area contributed by atoms with E-state index in [2.05, 4.69) is 0 Å². The summed E-state index contributed by atoms with van der Waals surface area (Å²) in [6.45, 7) is 0. The zero-order valence-corrected chi connectivity index (χ0v) is 13.2. The van der Waals surface area contributed by atoms with Gasteiger partial charge in [0.2, 0.25) is 0 Å². The lowest BCUT2D eigenvalue weighted by Gasteiger charge is -2.19. The lowest BCUT2D eigenvalue weighted by molar-refractivity contribution is 0.203. The van der Waals surface area contributed by atoms with Gasteiger partial charge in [-0.1, -0.05) is 12.1 Å². The number of methoxy groups -OCH3 is 2. The van der Waals surface area contributed by atoms with E-state index in [-0.39, 0.29) is 17.8 Å². The van der Waals surface area contributed by atoms with Crippen LogP contribution in [0.2, 0.25) is 0 Å². The van der Waals surface area contributed by atoms with Crippen LogP contribution in [-0.2, 0) is 0 Å². The molecule has 2 unspecified atom stereocenters. The average molecular weight is 314 g/mol. The van der Waals surface area contributed by atoms with Gasteiger partial charge in [-0.25, -0.2) is 4.39 Å². The maximum Gasteiger partial charge on any atom is 0.130 e. The van der Waals surface area contributed by atoms with E-state index in [9.17, 15) is 4.39 Å². The van der Waals surface area contributed by atoms with E-state index in [1.807, 2.05) is 18.2 Å². The third-order valence-electron chi connectivity index (χ3n) is 5.03. The van der Waals surface area contributed by atoms with Gasteiger partial charge < -0.3 is 14.2 Å². The summed E-state index contributed by atoms with van der Waals surface area (Å²) in [5, 5.41) is 0. The Labute approximate surface area is 135 Å². The van der Waals surface area contributed by atoms with Crippen LogP contribution in [-0.4, -0.2) is 20.3 Å². The van der Waals surface area contributed by atoms with Gasteiger partial charge in [-0.3, -0.25) is 0 Å². The molecule has 3 nitrogen and oxygen atoms in total. The number of benzene rings is 2. The zero-order chi connectivity index (χ0) is 16.0. The molecule has 23 heavy (non-hydrogen) atoms. The van der Waals surface area contributed by atoms with Crippen molar-refractivity contribution in [2.45, 2.75) is 30.8 Å². The Balaban J connectivity index is 1.71. The molecule has 2 aromatic rings.